The molecular weight excluding hydrogens is 218 g/mol. The predicted octanol–water partition coefficient (Wildman–Crippen LogP) is 2.52. The predicted molar refractivity (Wildman–Crippen MR) is 71.8 cm³/mol. The molecule has 92 valence electrons. The van der Waals surface area contributed by atoms with Gasteiger partial charge in [0.05, 0.1) is 12.0 Å². The monoisotopic (exact) mass is 241 g/mol. The molecule has 0 saturated carbocycles. The van der Waals surface area contributed by atoms with Crippen molar-refractivity contribution in [3.63, 3.8) is 0 Å². The molecule has 0 fully saturated rings. The molecule has 0 amide bonds. The molecule has 3 nitrogen and oxygen atoms in total. The second kappa shape index (κ2) is 6.30. The zero-order valence-electron chi connectivity index (χ0n) is 10.8. The molecule has 1 N–H and O–H groups in total. The quantitative estimate of drug-likeness (QED) is 0.776. The van der Waals surface area contributed by atoms with Crippen LogP contribution in [0.1, 0.15) is 32.9 Å². The Kier molecular flexibility index (Phi) is 5.35. The van der Waals surface area contributed by atoms with Crippen molar-refractivity contribution in [3.8, 4) is 0 Å². The van der Waals surface area contributed by atoms with Crippen LogP contribution < -0.4 is 5.32 Å². The summed E-state index contributed by atoms with van der Waals surface area (Å²) in [6.07, 6.45) is 7.24. The van der Waals surface area contributed by atoms with Crippen molar-refractivity contribution in [2.45, 2.75) is 45.8 Å². The van der Waals surface area contributed by atoms with Crippen molar-refractivity contribution in [1.29, 1.82) is 0 Å². The summed E-state index contributed by atoms with van der Waals surface area (Å²) in [5.74, 6) is 1.21. The first-order valence-corrected chi connectivity index (χ1v) is 7.15. The topological polar surface area (TPSA) is 29.9 Å². The van der Waals surface area contributed by atoms with Crippen molar-refractivity contribution in [2.24, 2.45) is 0 Å². The molecule has 0 unspecified atom stereocenters. The highest BCUT2D eigenvalue weighted by Gasteiger charge is 2.10. The van der Waals surface area contributed by atoms with Gasteiger partial charge >= 0.3 is 0 Å². The van der Waals surface area contributed by atoms with Crippen LogP contribution in [0.4, 0.5) is 0 Å². The molecule has 1 aromatic rings. The lowest BCUT2D eigenvalue weighted by Crippen LogP contribution is -2.35. The third-order valence-corrected chi connectivity index (χ3v) is 3.04. The van der Waals surface area contributed by atoms with Crippen LogP contribution >= 0.6 is 11.8 Å². The van der Waals surface area contributed by atoms with Crippen molar-refractivity contribution in [1.82, 2.24) is 14.9 Å². The number of aryl methyl sites for hydroxylation is 1. The van der Waals surface area contributed by atoms with Gasteiger partial charge in [0.15, 0.2) is 0 Å². The number of hydrogen-bond donors (Lipinski definition) is 1. The lowest BCUT2D eigenvalue weighted by Gasteiger charge is -2.20. The van der Waals surface area contributed by atoms with Gasteiger partial charge in [-0.2, -0.15) is 11.8 Å². The maximum absolute atomic E-state index is 4.22. The highest BCUT2D eigenvalue weighted by molar-refractivity contribution is 7.98. The molecule has 0 aliphatic rings. The Hall–Kier alpha value is -0.480. The minimum absolute atomic E-state index is 0.161. The number of nitrogens with zero attached hydrogens (tertiary/aromatic N) is 2. The fourth-order valence-electron chi connectivity index (χ4n) is 1.43. The Labute approximate surface area is 103 Å². The Morgan fingerprint density at radius 2 is 2.19 bits per heavy atom. The summed E-state index contributed by atoms with van der Waals surface area (Å²) < 4.78 is 2.24. The molecule has 0 bridgehead atoms. The van der Waals surface area contributed by atoms with Gasteiger partial charge in [0.2, 0.25) is 0 Å². The first-order chi connectivity index (χ1) is 7.53. The normalized spacial score (nSPS) is 12.0. The molecule has 0 saturated heterocycles. The second-order valence-electron chi connectivity index (χ2n) is 5.03. The van der Waals surface area contributed by atoms with Crippen LogP contribution in [0.2, 0.25) is 0 Å². The maximum Gasteiger partial charge on any atom is 0.0948 e. The van der Waals surface area contributed by atoms with Crippen LogP contribution in [0.15, 0.2) is 12.5 Å². The van der Waals surface area contributed by atoms with Crippen LogP contribution in [0, 0.1) is 0 Å². The molecule has 16 heavy (non-hydrogen) atoms. The van der Waals surface area contributed by atoms with Crippen molar-refractivity contribution < 1.29 is 0 Å². The van der Waals surface area contributed by atoms with E-state index in [-0.39, 0.29) is 5.54 Å². The molecule has 0 aliphatic carbocycles. The lowest BCUT2D eigenvalue weighted by atomic mass is 10.1. The zero-order valence-corrected chi connectivity index (χ0v) is 11.6. The Morgan fingerprint density at radius 3 is 2.81 bits per heavy atom. The van der Waals surface area contributed by atoms with E-state index in [1.807, 2.05) is 24.3 Å². The van der Waals surface area contributed by atoms with E-state index >= 15 is 0 Å². The minimum atomic E-state index is 0.161. The van der Waals surface area contributed by atoms with Crippen molar-refractivity contribution in [2.75, 3.05) is 12.0 Å². The third kappa shape index (κ3) is 5.03. The summed E-state index contributed by atoms with van der Waals surface area (Å²) in [7, 11) is 0. The van der Waals surface area contributed by atoms with E-state index in [9.17, 15) is 0 Å². The number of thioether (sulfide) groups is 1. The average Bonchev–Trinajstić information content (AvgIpc) is 2.62. The first-order valence-electron chi connectivity index (χ1n) is 5.76. The van der Waals surface area contributed by atoms with Crippen LogP contribution in [-0.2, 0) is 13.1 Å². The summed E-state index contributed by atoms with van der Waals surface area (Å²) in [5.41, 5.74) is 1.44. The van der Waals surface area contributed by atoms with Crippen LogP contribution in [0.25, 0.3) is 0 Å². The average molecular weight is 241 g/mol. The van der Waals surface area contributed by atoms with Gasteiger partial charge < -0.3 is 9.88 Å². The van der Waals surface area contributed by atoms with Crippen molar-refractivity contribution in [3.05, 3.63) is 18.2 Å². The molecule has 0 spiro atoms. The molecule has 4 heteroatoms. The highest BCUT2D eigenvalue weighted by atomic mass is 32.2. The van der Waals surface area contributed by atoms with Gasteiger partial charge in [0, 0.05) is 24.8 Å². The molecule has 1 aromatic heterocycles. The smallest absolute Gasteiger partial charge is 0.0948 e. The SMILES string of the molecule is CSCCCn1cncc1CNC(C)(C)C. The van der Waals surface area contributed by atoms with Gasteiger partial charge in [-0.1, -0.05) is 0 Å². The van der Waals surface area contributed by atoms with E-state index in [1.54, 1.807) is 0 Å². The summed E-state index contributed by atoms with van der Waals surface area (Å²) in [6.45, 7) is 8.51. The molecule has 0 aromatic carbocycles. The molecule has 0 atom stereocenters. The number of aromatic nitrogens is 2. The van der Waals surface area contributed by atoms with E-state index in [4.69, 9.17) is 0 Å². The maximum atomic E-state index is 4.22. The van der Waals surface area contributed by atoms with Gasteiger partial charge in [-0.15, -0.1) is 0 Å². The second-order valence-corrected chi connectivity index (χ2v) is 6.01. The Balaban J connectivity index is 2.44. The summed E-state index contributed by atoms with van der Waals surface area (Å²) in [4.78, 5) is 4.22. The van der Waals surface area contributed by atoms with Gasteiger partial charge in [-0.3, -0.25) is 0 Å². The fourth-order valence-corrected chi connectivity index (χ4v) is 1.85. The minimum Gasteiger partial charge on any atom is -0.333 e. The van der Waals surface area contributed by atoms with E-state index < -0.39 is 0 Å². The first kappa shape index (κ1) is 13.6. The zero-order chi connectivity index (χ0) is 12.0. The number of nitrogens with one attached hydrogen (secondary N) is 1. The van der Waals surface area contributed by atoms with Gasteiger partial charge in [-0.25, -0.2) is 4.98 Å². The molecule has 1 heterocycles. The van der Waals surface area contributed by atoms with Gasteiger partial charge in [-0.05, 0) is 39.2 Å². The molecule has 1 rings (SSSR count). The summed E-state index contributed by atoms with van der Waals surface area (Å²) >= 11 is 1.90. The molecular formula is C12H23N3S. The van der Waals surface area contributed by atoms with E-state index in [0.717, 1.165) is 13.1 Å². The highest BCUT2D eigenvalue weighted by Crippen LogP contribution is 2.06. The Bertz CT molecular complexity index is 301. The summed E-state index contributed by atoms with van der Waals surface area (Å²) in [6, 6.07) is 0. The Morgan fingerprint density at radius 1 is 1.44 bits per heavy atom. The number of imidazole rings is 1. The van der Waals surface area contributed by atoms with Gasteiger partial charge in [0.25, 0.3) is 0 Å². The third-order valence-electron chi connectivity index (χ3n) is 2.35. The largest absolute Gasteiger partial charge is 0.333 e. The van der Waals surface area contributed by atoms with Crippen molar-refractivity contribution >= 4 is 11.8 Å². The van der Waals surface area contributed by atoms with E-state index in [1.165, 1.54) is 17.9 Å². The van der Waals surface area contributed by atoms with Crippen LogP contribution in [-0.4, -0.2) is 27.1 Å². The van der Waals surface area contributed by atoms with Crippen LogP contribution in [0.5, 0.6) is 0 Å². The standard InChI is InChI=1S/C12H23N3S/c1-12(2,3)14-9-11-8-13-10-15(11)6-5-7-16-4/h8,10,14H,5-7,9H2,1-4H3. The molecule has 0 aliphatic heterocycles. The number of rotatable bonds is 6. The fraction of sp³-hybridized carbons (Fsp3) is 0.750. The van der Waals surface area contributed by atoms with E-state index in [0.29, 0.717) is 0 Å². The number of hydrogen-bond acceptors (Lipinski definition) is 3. The molecule has 0 radical (unpaired) electrons. The summed E-state index contributed by atoms with van der Waals surface area (Å²) in [5, 5.41) is 3.49. The van der Waals surface area contributed by atoms with Crippen LogP contribution in [0.3, 0.4) is 0 Å². The van der Waals surface area contributed by atoms with Gasteiger partial charge in [0.1, 0.15) is 0 Å². The lowest BCUT2D eigenvalue weighted by molar-refractivity contribution is 0.415. The van der Waals surface area contributed by atoms with E-state index in [2.05, 4.69) is 41.9 Å².